The van der Waals surface area contributed by atoms with E-state index in [2.05, 4.69) is 91.9 Å². The van der Waals surface area contributed by atoms with Crippen LogP contribution >= 0.6 is 0 Å². The monoisotopic (exact) mass is 765 g/mol. The number of phenols is 5. The van der Waals surface area contributed by atoms with Crippen molar-refractivity contribution >= 4 is 27.5 Å². The van der Waals surface area contributed by atoms with Crippen LogP contribution in [0.2, 0.25) is 0 Å². The van der Waals surface area contributed by atoms with Crippen LogP contribution in [0.15, 0.2) is 162 Å². The Labute approximate surface area is 336 Å². The number of aromatic hydroxyl groups is 5. The van der Waals surface area contributed by atoms with Gasteiger partial charge in [-0.15, -0.1) is 0 Å². The molecule has 7 nitrogen and oxygen atoms in total. The van der Waals surface area contributed by atoms with Crippen molar-refractivity contribution in [2.45, 2.75) is 32.2 Å². The van der Waals surface area contributed by atoms with Crippen molar-refractivity contribution in [2.24, 2.45) is 5.73 Å². The molecule has 1 heterocycles. The summed E-state index contributed by atoms with van der Waals surface area (Å²) in [4.78, 5) is 0. The van der Waals surface area contributed by atoms with Crippen molar-refractivity contribution < 1.29 is 29.9 Å². The fraction of sp³-hybridized carbons (Fsp3) is 0.0980. The molecule has 0 aliphatic heterocycles. The van der Waals surface area contributed by atoms with Gasteiger partial charge in [0.05, 0.1) is 5.56 Å². The Morgan fingerprint density at radius 2 is 1.19 bits per heavy atom. The Morgan fingerprint density at radius 3 is 1.84 bits per heavy atom. The van der Waals surface area contributed by atoms with Crippen LogP contribution in [0.5, 0.6) is 28.7 Å². The largest absolute Gasteiger partial charge is 0.504 e. The van der Waals surface area contributed by atoms with Gasteiger partial charge in [0.1, 0.15) is 11.2 Å². The molecule has 1 aliphatic rings. The SMILES string of the molecule is CC(c1ccccc1)c1cccc(C2=CC=CCC2)c1.NCc1ccc2oc3cccc(-c4ccc(-c5ccc(-c6c(O)c(O)c(O)c(O)c6O)cc5)cc4)c3c2c1. The molecule has 0 fully saturated rings. The van der Waals surface area contributed by atoms with Crippen LogP contribution in [-0.2, 0) is 6.54 Å². The molecule has 0 saturated carbocycles. The Morgan fingerprint density at radius 1 is 0.569 bits per heavy atom. The normalized spacial score (nSPS) is 12.9. The Hall–Kier alpha value is -7.22. The van der Waals surface area contributed by atoms with Crippen LogP contribution in [0.4, 0.5) is 0 Å². The molecule has 0 amide bonds. The Bertz CT molecular complexity index is 2790. The smallest absolute Gasteiger partial charge is 0.208 e. The number of phenolic OH excluding ortho intramolecular Hbond substituents is 5. The zero-order valence-electron chi connectivity index (χ0n) is 31.9. The first kappa shape index (κ1) is 37.7. The number of hydrogen-bond donors (Lipinski definition) is 6. The van der Waals surface area contributed by atoms with Gasteiger partial charge < -0.3 is 35.7 Å². The molecule has 0 spiro atoms. The summed E-state index contributed by atoms with van der Waals surface area (Å²) in [6, 6.07) is 46.7. The number of furan rings is 1. The van der Waals surface area contributed by atoms with Crippen LogP contribution < -0.4 is 5.73 Å². The second kappa shape index (κ2) is 16.1. The van der Waals surface area contributed by atoms with Crippen molar-refractivity contribution in [1.82, 2.24) is 0 Å². The van der Waals surface area contributed by atoms with E-state index >= 15 is 0 Å². The highest BCUT2D eigenvalue weighted by atomic mass is 16.4. The van der Waals surface area contributed by atoms with Gasteiger partial charge in [0.25, 0.3) is 0 Å². The highest BCUT2D eigenvalue weighted by Crippen LogP contribution is 2.54. The van der Waals surface area contributed by atoms with E-state index in [1.54, 1.807) is 24.3 Å². The third-order valence-electron chi connectivity index (χ3n) is 10.9. The third kappa shape index (κ3) is 7.27. The number of rotatable bonds is 7. The van der Waals surface area contributed by atoms with Crippen molar-refractivity contribution in [3.05, 3.63) is 180 Å². The molecular weight excluding hydrogens is 723 g/mol. The van der Waals surface area contributed by atoms with Crippen LogP contribution in [0, 0.1) is 0 Å². The summed E-state index contributed by atoms with van der Waals surface area (Å²) in [7, 11) is 0. The van der Waals surface area contributed by atoms with Gasteiger partial charge in [0, 0.05) is 23.2 Å². The molecule has 1 unspecified atom stereocenters. The average molecular weight is 766 g/mol. The second-order valence-electron chi connectivity index (χ2n) is 14.5. The summed E-state index contributed by atoms with van der Waals surface area (Å²) in [6.45, 7) is 2.73. The fourth-order valence-electron chi connectivity index (χ4n) is 7.66. The van der Waals surface area contributed by atoms with E-state index < -0.39 is 28.7 Å². The average Bonchev–Trinajstić information content (AvgIpc) is 3.67. The predicted molar refractivity (Wildman–Crippen MR) is 233 cm³/mol. The molecule has 1 aliphatic carbocycles. The lowest BCUT2D eigenvalue weighted by atomic mass is 9.89. The maximum atomic E-state index is 10.2. The van der Waals surface area contributed by atoms with E-state index in [-0.39, 0.29) is 5.56 Å². The van der Waals surface area contributed by atoms with Gasteiger partial charge in [-0.1, -0.05) is 146 Å². The van der Waals surface area contributed by atoms with Gasteiger partial charge in [-0.2, -0.15) is 0 Å². The summed E-state index contributed by atoms with van der Waals surface area (Å²) >= 11 is 0. The van der Waals surface area contributed by atoms with Gasteiger partial charge in [-0.05, 0) is 86.7 Å². The molecule has 8 aromatic rings. The molecule has 288 valence electrons. The van der Waals surface area contributed by atoms with Crippen LogP contribution in [0.1, 0.15) is 47.9 Å². The maximum absolute atomic E-state index is 10.2. The van der Waals surface area contributed by atoms with E-state index in [0.29, 0.717) is 18.0 Å². The third-order valence-corrected chi connectivity index (χ3v) is 10.9. The molecule has 9 rings (SSSR count). The van der Waals surface area contributed by atoms with E-state index in [9.17, 15) is 25.5 Å². The van der Waals surface area contributed by atoms with Crippen LogP contribution in [-0.4, -0.2) is 25.5 Å². The predicted octanol–water partition coefficient (Wildman–Crippen LogP) is 12.1. The molecule has 1 atom stereocenters. The van der Waals surface area contributed by atoms with Crippen molar-refractivity contribution in [2.75, 3.05) is 0 Å². The zero-order chi connectivity index (χ0) is 40.3. The Kier molecular flexibility index (Phi) is 10.5. The number of allylic oxidation sites excluding steroid dienone is 4. The molecular formula is C51H43NO6. The van der Waals surface area contributed by atoms with Gasteiger partial charge in [0.15, 0.2) is 11.5 Å². The molecule has 58 heavy (non-hydrogen) atoms. The van der Waals surface area contributed by atoms with Crippen LogP contribution in [0.25, 0.3) is 60.9 Å². The number of benzene rings is 7. The zero-order valence-corrected chi connectivity index (χ0v) is 31.9. The van der Waals surface area contributed by atoms with E-state index in [1.165, 1.54) is 22.3 Å². The number of hydrogen-bond acceptors (Lipinski definition) is 7. The minimum atomic E-state index is -0.987. The standard InChI is InChI=1S/C31H23NO6.C20H20/c32-15-16-4-13-23-22(14-16)26-21(2-1-3-24(26)38-23)19-9-5-17(6-10-19)18-7-11-20(12-8-18)25-27(33)29(35)31(37)30(36)28(25)34;1-16(17-9-4-2-5-10-17)19-13-8-14-20(15-19)18-11-6-3-7-12-18/h1-14,33-37H,15,32H2;2-6,8-11,13-16H,7,12H2,1H3. The number of fused-ring (bicyclic) bond motifs is 3. The first-order valence-electron chi connectivity index (χ1n) is 19.3. The number of nitrogens with two attached hydrogens (primary N) is 1. The van der Waals surface area contributed by atoms with Gasteiger partial charge in [-0.25, -0.2) is 0 Å². The lowest BCUT2D eigenvalue weighted by Crippen LogP contribution is -1.97. The summed E-state index contributed by atoms with van der Waals surface area (Å²) < 4.78 is 6.07. The topological polar surface area (TPSA) is 140 Å². The summed E-state index contributed by atoms with van der Waals surface area (Å²) in [6.07, 6.45) is 8.96. The van der Waals surface area contributed by atoms with Gasteiger partial charge in [0.2, 0.25) is 17.2 Å². The molecule has 0 radical (unpaired) electrons. The fourth-order valence-corrected chi connectivity index (χ4v) is 7.66. The van der Waals surface area contributed by atoms with Crippen molar-refractivity contribution in [3.63, 3.8) is 0 Å². The molecule has 7 N–H and O–H groups in total. The lowest BCUT2D eigenvalue weighted by molar-refractivity contribution is 0.330. The Balaban J connectivity index is 0.000000197. The van der Waals surface area contributed by atoms with E-state index in [1.807, 2.05) is 48.5 Å². The van der Waals surface area contributed by atoms with E-state index in [0.717, 1.165) is 62.6 Å². The molecule has 0 saturated heterocycles. The summed E-state index contributed by atoms with van der Waals surface area (Å²) in [5.41, 5.74) is 18.2. The van der Waals surface area contributed by atoms with Crippen molar-refractivity contribution in [1.29, 1.82) is 0 Å². The summed E-state index contributed by atoms with van der Waals surface area (Å²) in [5.74, 6) is -3.82. The molecule has 1 aromatic heterocycles. The van der Waals surface area contributed by atoms with E-state index in [4.69, 9.17) is 10.2 Å². The van der Waals surface area contributed by atoms with Gasteiger partial charge >= 0.3 is 0 Å². The highest BCUT2D eigenvalue weighted by Gasteiger charge is 2.24. The van der Waals surface area contributed by atoms with Gasteiger partial charge in [-0.3, -0.25) is 0 Å². The first-order chi connectivity index (χ1) is 28.2. The maximum Gasteiger partial charge on any atom is 0.208 e. The minimum absolute atomic E-state index is 0.182. The lowest BCUT2D eigenvalue weighted by Gasteiger charge is -2.15. The second-order valence-corrected chi connectivity index (χ2v) is 14.5. The quantitative estimate of drug-likeness (QED) is 0.0701. The molecule has 7 heteroatoms. The molecule has 7 aromatic carbocycles. The molecule has 0 bridgehead atoms. The first-order valence-corrected chi connectivity index (χ1v) is 19.3. The highest BCUT2D eigenvalue weighted by molar-refractivity contribution is 6.12. The minimum Gasteiger partial charge on any atom is -0.504 e. The van der Waals surface area contributed by atoms with Crippen LogP contribution in [0.3, 0.4) is 0 Å². The summed E-state index contributed by atoms with van der Waals surface area (Å²) in [5, 5.41) is 51.9. The van der Waals surface area contributed by atoms with Crippen molar-refractivity contribution in [3.8, 4) is 62.1 Å².